The predicted octanol–water partition coefficient (Wildman–Crippen LogP) is 3.13. The van der Waals surface area contributed by atoms with Gasteiger partial charge in [0, 0.05) is 38.2 Å². The second kappa shape index (κ2) is 7.58. The molecule has 140 valence electrons. The summed E-state index contributed by atoms with van der Waals surface area (Å²) in [7, 11) is 0. The monoisotopic (exact) mass is 356 g/mol. The van der Waals surface area contributed by atoms with Crippen LogP contribution in [-0.2, 0) is 11.3 Å². The van der Waals surface area contributed by atoms with Crippen molar-refractivity contribution in [2.24, 2.45) is 5.41 Å². The van der Waals surface area contributed by atoms with Crippen molar-refractivity contribution in [1.82, 2.24) is 19.9 Å². The van der Waals surface area contributed by atoms with Gasteiger partial charge in [-0.1, -0.05) is 50.2 Å². The Morgan fingerprint density at radius 1 is 1.15 bits per heavy atom. The number of piperazine rings is 1. The maximum absolute atomic E-state index is 12.3. The molecule has 1 aliphatic rings. The van der Waals surface area contributed by atoms with Crippen LogP contribution in [0, 0.1) is 12.3 Å². The molecule has 3 rings (SSSR count). The first kappa shape index (κ1) is 18.6. The molecule has 0 bridgehead atoms. The normalized spacial score (nSPS) is 16.1. The molecule has 1 aliphatic heterocycles. The standard InChI is InChI=1S/C20H28N4O2/c1-15-7-5-6-8-16(15)19-21-17(26-22-19)14-23-9-11-24(12-10-23)18(25)13-20(2,3)4/h5-8H,9-14H2,1-4H3. The fourth-order valence-electron chi connectivity index (χ4n) is 3.16. The fraction of sp³-hybridized carbons (Fsp3) is 0.550. The minimum atomic E-state index is 0.0317. The van der Waals surface area contributed by atoms with E-state index in [2.05, 4.69) is 35.8 Å². The van der Waals surface area contributed by atoms with Gasteiger partial charge in [-0.3, -0.25) is 9.69 Å². The van der Waals surface area contributed by atoms with Crippen LogP contribution in [0.4, 0.5) is 0 Å². The van der Waals surface area contributed by atoms with Gasteiger partial charge in [0.25, 0.3) is 0 Å². The molecule has 1 aromatic heterocycles. The highest BCUT2D eigenvalue weighted by atomic mass is 16.5. The van der Waals surface area contributed by atoms with Crippen LogP contribution in [0.5, 0.6) is 0 Å². The highest BCUT2D eigenvalue weighted by Crippen LogP contribution is 2.22. The number of hydrogen-bond donors (Lipinski definition) is 0. The quantitative estimate of drug-likeness (QED) is 0.842. The maximum atomic E-state index is 12.3. The summed E-state index contributed by atoms with van der Waals surface area (Å²) >= 11 is 0. The van der Waals surface area contributed by atoms with Crippen LogP contribution in [0.25, 0.3) is 11.4 Å². The van der Waals surface area contributed by atoms with E-state index < -0.39 is 0 Å². The van der Waals surface area contributed by atoms with Gasteiger partial charge in [0.15, 0.2) is 0 Å². The molecule has 1 saturated heterocycles. The molecular formula is C20H28N4O2. The first-order valence-corrected chi connectivity index (χ1v) is 9.20. The Bertz CT molecular complexity index is 755. The van der Waals surface area contributed by atoms with E-state index >= 15 is 0 Å². The van der Waals surface area contributed by atoms with E-state index in [9.17, 15) is 4.79 Å². The van der Waals surface area contributed by atoms with Crippen LogP contribution in [-0.4, -0.2) is 52.0 Å². The van der Waals surface area contributed by atoms with Crippen LogP contribution >= 0.6 is 0 Å². The Hall–Kier alpha value is -2.21. The number of carbonyl (C=O) groups is 1. The summed E-state index contributed by atoms with van der Waals surface area (Å²) in [6.45, 7) is 12.1. The lowest BCUT2D eigenvalue weighted by Gasteiger charge is -2.35. The lowest BCUT2D eigenvalue weighted by Crippen LogP contribution is -2.48. The summed E-state index contributed by atoms with van der Waals surface area (Å²) < 4.78 is 5.43. The summed E-state index contributed by atoms with van der Waals surface area (Å²) in [5, 5.41) is 4.12. The number of aryl methyl sites for hydroxylation is 1. The molecule has 2 heterocycles. The van der Waals surface area contributed by atoms with Gasteiger partial charge in [0.2, 0.25) is 17.6 Å². The van der Waals surface area contributed by atoms with Crippen molar-refractivity contribution in [1.29, 1.82) is 0 Å². The number of rotatable bonds is 4. The number of nitrogens with zero attached hydrogens (tertiary/aromatic N) is 4. The Labute approximate surface area is 155 Å². The van der Waals surface area contributed by atoms with Gasteiger partial charge in [0.1, 0.15) is 0 Å². The second-order valence-corrected chi connectivity index (χ2v) is 8.22. The first-order chi connectivity index (χ1) is 12.3. The van der Waals surface area contributed by atoms with E-state index in [4.69, 9.17) is 4.52 Å². The molecule has 6 heteroatoms. The average Bonchev–Trinajstić information content (AvgIpc) is 3.02. The van der Waals surface area contributed by atoms with E-state index in [1.807, 2.05) is 36.1 Å². The van der Waals surface area contributed by atoms with Crippen molar-refractivity contribution in [3.8, 4) is 11.4 Å². The topological polar surface area (TPSA) is 62.5 Å². The van der Waals surface area contributed by atoms with E-state index in [-0.39, 0.29) is 11.3 Å². The molecule has 0 unspecified atom stereocenters. The minimum absolute atomic E-state index is 0.0317. The Balaban J connectivity index is 1.54. The van der Waals surface area contributed by atoms with Crippen LogP contribution in [0.2, 0.25) is 0 Å². The average molecular weight is 356 g/mol. The molecule has 6 nitrogen and oxygen atoms in total. The predicted molar refractivity (Wildman–Crippen MR) is 100 cm³/mol. The molecule has 0 atom stereocenters. The third-order valence-electron chi connectivity index (χ3n) is 4.62. The first-order valence-electron chi connectivity index (χ1n) is 9.20. The molecule has 1 fully saturated rings. The van der Waals surface area contributed by atoms with Gasteiger partial charge in [-0.2, -0.15) is 4.98 Å². The lowest BCUT2D eigenvalue weighted by molar-refractivity contribution is -0.134. The van der Waals surface area contributed by atoms with E-state index in [1.165, 1.54) is 0 Å². The molecule has 0 saturated carbocycles. The van der Waals surface area contributed by atoms with Crippen molar-refractivity contribution < 1.29 is 9.32 Å². The minimum Gasteiger partial charge on any atom is -0.340 e. The van der Waals surface area contributed by atoms with Crippen LogP contribution in [0.3, 0.4) is 0 Å². The zero-order valence-corrected chi connectivity index (χ0v) is 16.2. The third-order valence-corrected chi connectivity index (χ3v) is 4.62. The Morgan fingerprint density at radius 2 is 1.85 bits per heavy atom. The Kier molecular flexibility index (Phi) is 5.41. The molecular weight excluding hydrogens is 328 g/mol. The largest absolute Gasteiger partial charge is 0.340 e. The summed E-state index contributed by atoms with van der Waals surface area (Å²) in [6.07, 6.45) is 0.594. The molecule has 0 N–H and O–H groups in total. The van der Waals surface area contributed by atoms with Crippen molar-refractivity contribution in [2.75, 3.05) is 26.2 Å². The van der Waals surface area contributed by atoms with Crippen molar-refractivity contribution >= 4 is 5.91 Å². The molecule has 0 aliphatic carbocycles. The second-order valence-electron chi connectivity index (χ2n) is 8.22. The highest BCUT2D eigenvalue weighted by Gasteiger charge is 2.25. The van der Waals surface area contributed by atoms with Gasteiger partial charge in [-0.25, -0.2) is 0 Å². The summed E-state index contributed by atoms with van der Waals surface area (Å²) in [5.74, 6) is 1.51. The fourth-order valence-corrected chi connectivity index (χ4v) is 3.16. The van der Waals surface area contributed by atoms with Crippen LogP contribution in [0.1, 0.15) is 38.6 Å². The molecule has 1 amide bonds. The number of aromatic nitrogens is 2. The smallest absolute Gasteiger partial charge is 0.241 e. The molecule has 1 aromatic carbocycles. The van der Waals surface area contributed by atoms with Crippen LogP contribution < -0.4 is 0 Å². The van der Waals surface area contributed by atoms with Gasteiger partial charge in [-0.05, 0) is 17.9 Å². The molecule has 0 spiro atoms. The molecule has 2 aromatic rings. The van der Waals surface area contributed by atoms with Gasteiger partial charge in [0.05, 0.1) is 6.54 Å². The zero-order chi connectivity index (χ0) is 18.7. The number of amides is 1. The molecule has 0 radical (unpaired) electrons. The summed E-state index contributed by atoms with van der Waals surface area (Å²) in [4.78, 5) is 21.1. The maximum Gasteiger partial charge on any atom is 0.241 e. The number of hydrogen-bond acceptors (Lipinski definition) is 5. The van der Waals surface area contributed by atoms with E-state index in [0.717, 1.165) is 37.3 Å². The van der Waals surface area contributed by atoms with Crippen molar-refractivity contribution in [3.63, 3.8) is 0 Å². The number of carbonyl (C=O) groups excluding carboxylic acids is 1. The SMILES string of the molecule is Cc1ccccc1-c1noc(CN2CCN(C(=O)CC(C)(C)C)CC2)n1. The van der Waals surface area contributed by atoms with Crippen molar-refractivity contribution in [3.05, 3.63) is 35.7 Å². The zero-order valence-electron chi connectivity index (χ0n) is 16.2. The number of benzene rings is 1. The van der Waals surface area contributed by atoms with E-state index in [1.54, 1.807) is 0 Å². The van der Waals surface area contributed by atoms with Gasteiger partial charge < -0.3 is 9.42 Å². The lowest BCUT2D eigenvalue weighted by atomic mass is 9.91. The van der Waals surface area contributed by atoms with Gasteiger partial charge >= 0.3 is 0 Å². The third kappa shape index (κ3) is 4.69. The van der Waals surface area contributed by atoms with Crippen LogP contribution in [0.15, 0.2) is 28.8 Å². The molecule has 26 heavy (non-hydrogen) atoms. The highest BCUT2D eigenvalue weighted by molar-refractivity contribution is 5.76. The van der Waals surface area contributed by atoms with Gasteiger partial charge in [-0.15, -0.1) is 0 Å². The van der Waals surface area contributed by atoms with Crippen molar-refractivity contribution in [2.45, 2.75) is 40.7 Å². The van der Waals surface area contributed by atoms with E-state index in [0.29, 0.717) is 24.7 Å². The Morgan fingerprint density at radius 3 is 2.50 bits per heavy atom. The summed E-state index contributed by atoms with van der Waals surface area (Å²) in [5.41, 5.74) is 2.16. The summed E-state index contributed by atoms with van der Waals surface area (Å²) in [6, 6.07) is 8.02.